The lowest BCUT2D eigenvalue weighted by atomic mass is 9.88. The van der Waals surface area contributed by atoms with Crippen LogP contribution in [0.5, 0.6) is 5.75 Å². The maximum absolute atomic E-state index is 12.2. The molecular formula is C13H15ClO4. The number of rotatable bonds is 5. The van der Waals surface area contributed by atoms with E-state index in [1.54, 1.807) is 19.1 Å². The Balaban J connectivity index is 3.10. The quantitative estimate of drug-likeness (QED) is 0.836. The normalized spacial score (nSPS) is 13.8. The molecule has 0 saturated heterocycles. The van der Waals surface area contributed by atoms with Gasteiger partial charge in [-0.25, -0.2) is 0 Å². The summed E-state index contributed by atoms with van der Waals surface area (Å²) in [5.41, 5.74) is 0.311. The van der Waals surface area contributed by atoms with Crippen LogP contribution in [0.1, 0.15) is 24.2 Å². The molecule has 0 spiro atoms. The minimum absolute atomic E-state index is 0.288. The first-order valence-electron chi connectivity index (χ1n) is 5.49. The van der Waals surface area contributed by atoms with E-state index in [9.17, 15) is 9.59 Å². The number of hydrogen-bond donors (Lipinski definition) is 1. The molecule has 0 bridgehead atoms. The molecule has 2 atom stereocenters. The van der Waals surface area contributed by atoms with Crippen molar-refractivity contribution in [3.05, 3.63) is 28.8 Å². The molecule has 18 heavy (non-hydrogen) atoms. The van der Waals surface area contributed by atoms with Crippen molar-refractivity contribution in [2.45, 2.75) is 13.8 Å². The van der Waals surface area contributed by atoms with Crippen molar-refractivity contribution in [1.82, 2.24) is 0 Å². The average Bonchev–Trinajstić information content (AvgIpc) is 2.35. The van der Waals surface area contributed by atoms with Crippen LogP contribution >= 0.6 is 11.6 Å². The summed E-state index contributed by atoms with van der Waals surface area (Å²) in [5.74, 6) is -2.30. The van der Waals surface area contributed by atoms with Gasteiger partial charge in [-0.1, -0.05) is 25.4 Å². The summed E-state index contributed by atoms with van der Waals surface area (Å²) >= 11 is 5.84. The van der Waals surface area contributed by atoms with E-state index in [4.69, 9.17) is 21.4 Å². The monoisotopic (exact) mass is 270 g/mol. The third kappa shape index (κ3) is 3.01. The molecule has 0 heterocycles. The van der Waals surface area contributed by atoms with E-state index in [0.717, 1.165) is 0 Å². The molecule has 4 nitrogen and oxygen atoms in total. The Kier molecular flexibility index (Phi) is 4.73. The zero-order chi connectivity index (χ0) is 13.9. The van der Waals surface area contributed by atoms with Gasteiger partial charge in [0, 0.05) is 10.9 Å². The molecule has 1 aromatic rings. The van der Waals surface area contributed by atoms with Crippen molar-refractivity contribution < 1.29 is 19.4 Å². The van der Waals surface area contributed by atoms with Crippen LogP contribution in [0.3, 0.4) is 0 Å². The van der Waals surface area contributed by atoms with E-state index in [0.29, 0.717) is 16.3 Å². The highest BCUT2D eigenvalue weighted by Crippen LogP contribution is 2.27. The van der Waals surface area contributed by atoms with E-state index < -0.39 is 17.8 Å². The lowest BCUT2D eigenvalue weighted by molar-refractivity contribution is -0.142. The van der Waals surface area contributed by atoms with Crippen LogP contribution in [0.4, 0.5) is 0 Å². The fourth-order valence-electron chi connectivity index (χ4n) is 1.56. The molecule has 0 aromatic heterocycles. The second kappa shape index (κ2) is 5.87. The highest BCUT2D eigenvalue weighted by atomic mass is 35.5. The van der Waals surface area contributed by atoms with E-state index in [2.05, 4.69) is 0 Å². The zero-order valence-corrected chi connectivity index (χ0v) is 11.2. The van der Waals surface area contributed by atoms with Crippen molar-refractivity contribution in [3.63, 3.8) is 0 Å². The van der Waals surface area contributed by atoms with Crippen LogP contribution in [0.2, 0.25) is 5.02 Å². The summed E-state index contributed by atoms with van der Waals surface area (Å²) in [6.07, 6.45) is 0. The number of Topliss-reactive ketones (excluding diaryl/α,β-unsaturated/α-hetero) is 1. The number of hydrogen-bond acceptors (Lipinski definition) is 3. The summed E-state index contributed by atoms with van der Waals surface area (Å²) in [5, 5.41) is 9.33. The largest absolute Gasteiger partial charge is 0.496 e. The molecule has 98 valence electrons. The zero-order valence-electron chi connectivity index (χ0n) is 10.4. The van der Waals surface area contributed by atoms with Crippen LogP contribution < -0.4 is 4.74 Å². The standard InChI is InChI=1S/C13H15ClO4/c1-7(8(2)13(16)17)12(15)10-6-9(14)4-5-11(10)18-3/h4-8H,1-3H3,(H,16,17). The summed E-state index contributed by atoms with van der Waals surface area (Å²) in [4.78, 5) is 23.1. The molecule has 0 radical (unpaired) electrons. The molecular weight excluding hydrogens is 256 g/mol. The SMILES string of the molecule is COc1ccc(Cl)cc1C(=O)C(C)C(C)C(=O)O. The van der Waals surface area contributed by atoms with Gasteiger partial charge in [-0.15, -0.1) is 0 Å². The smallest absolute Gasteiger partial charge is 0.306 e. The molecule has 2 unspecified atom stereocenters. The van der Waals surface area contributed by atoms with Crippen molar-refractivity contribution in [2.24, 2.45) is 11.8 Å². The highest BCUT2D eigenvalue weighted by Gasteiger charge is 2.28. The van der Waals surface area contributed by atoms with Crippen molar-refractivity contribution in [2.75, 3.05) is 7.11 Å². The van der Waals surface area contributed by atoms with Crippen LogP contribution in [-0.4, -0.2) is 24.0 Å². The number of carbonyl (C=O) groups is 2. The summed E-state index contributed by atoms with van der Waals surface area (Å²) in [7, 11) is 1.45. The Morgan fingerprint density at radius 3 is 2.39 bits per heavy atom. The fourth-order valence-corrected chi connectivity index (χ4v) is 1.73. The van der Waals surface area contributed by atoms with Crippen LogP contribution in [0.25, 0.3) is 0 Å². The molecule has 0 aliphatic rings. The molecule has 0 fully saturated rings. The second-order valence-electron chi connectivity index (χ2n) is 4.12. The summed E-state index contributed by atoms with van der Waals surface area (Å²) < 4.78 is 5.08. The number of aliphatic carboxylic acids is 1. The Morgan fingerprint density at radius 2 is 1.89 bits per heavy atom. The minimum atomic E-state index is -1.00. The van der Waals surface area contributed by atoms with E-state index in [1.807, 2.05) is 0 Å². The lowest BCUT2D eigenvalue weighted by Gasteiger charge is -2.16. The van der Waals surface area contributed by atoms with E-state index in [-0.39, 0.29) is 5.78 Å². The third-order valence-electron chi connectivity index (χ3n) is 2.98. The Labute approximate surface area is 111 Å². The van der Waals surface area contributed by atoms with Crippen LogP contribution in [0.15, 0.2) is 18.2 Å². The van der Waals surface area contributed by atoms with Gasteiger partial charge in [0.25, 0.3) is 0 Å². The number of halogens is 1. The molecule has 1 N–H and O–H groups in total. The topological polar surface area (TPSA) is 63.6 Å². The van der Waals surface area contributed by atoms with Crippen LogP contribution in [0, 0.1) is 11.8 Å². The minimum Gasteiger partial charge on any atom is -0.496 e. The number of ketones is 1. The number of ether oxygens (including phenoxy) is 1. The first-order chi connectivity index (χ1) is 8.38. The number of carbonyl (C=O) groups excluding carboxylic acids is 1. The predicted molar refractivity (Wildman–Crippen MR) is 68.3 cm³/mol. The highest BCUT2D eigenvalue weighted by molar-refractivity contribution is 6.31. The van der Waals surface area contributed by atoms with Gasteiger partial charge in [0.2, 0.25) is 0 Å². The van der Waals surface area contributed by atoms with Gasteiger partial charge in [-0.2, -0.15) is 0 Å². The van der Waals surface area contributed by atoms with Gasteiger partial charge >= 0.3 is 5.97 Å². The van der Waals surface area contributed by atoms with Gasteiger partial charge in [0.1, 0.15) is 5.75 Å². The van der Waals surface area contributed by atoms with E-state index >= 15 is 0 Å². The molecule has 1 aromatic carbocycles. The van der Waals surface area contributed by atoms with Gasteiger partial charge < -0.3 is 9.84 Å². The van der Waals surface area contributed by atoms with Gasteiger partial charge in [0.15, 0.2) is 5.78 Å². The predicted octanol–water partition coefficient (Wildman–Crippen LogP) is 2.89. The first-order valence-corrected chi connectivity index (χ1v) is 5.86. The van der Waals surface area contributed by atoms with Crippen molar-refractivity contribution in [3.8, 4) is 5.75 Å². The first kappa shape index (κ1) is 14.5. The number of methoxy groups -OCH3 is 1. The maximum atomic E-state index is 12.2. The average molecular weight is 271 g/mol. The molecule has 5 heteroatoms. The Hall–Kier alpha value is -1.55. The lowest BCUT2D eigenvalue weighted by Crippen LogP contribution is -2.25. The fraction of sp³-hybridized carbons (Fsp3) is 0.385. The second-order valence-corrected chi connectivity index (χ2v) is 4.56. The summed E-state index contributed by atoms with van der Waals surface area (Å²) in [6.45, 7) is 3.09. The Bertz CT molecular complexity index is 470. The van der Waals surface area contributed by atoms with Gasteiger partial charge in [-0.05, 0) is 18.2 Å². The number of benzene rings is 1. The maximum Gasteiger partial charge on any atom is 0.306 e. The molecule has 0 aliphatic heterocycles. The van der Waals surface area contributed by atoms with Crippen molar-refractivity contribution >= 4 is 23.4 Å². The molecule has 1 rings (SSSR count). The Morgan fingerprint density at radius 1 is 1.28 bits per heavy atom. The molecule has 0 saturated carbocycles. The van der Waals surface area contributed by atoms with Gasteiger partial charge in [0.05, 0.1) is 18.6 Å². The number of carboxylic acid groups (broad SMARTS) is 1. The number of carboxylic acids is 1. The summed E-state index contributed by atoms with van der Waals surface area (Å²) in [6, 6.07) is 4.70. The molecule has 0 amide bonds. The third-order valence-corrected chi connectivity index (χ3v) is 3.22. The molecule has 0 aliphatic carbocycles. The van der Waals surface area contributed by atoms with Crippen LogP contribution in [-0.2, 0) is 4.79 Å². The van der Waals surface area contributed by atoms with Gasteiger partial charge in [-0.3, -0.25) is 9.59 Å². The van der Waals surface area contributed by atoms with E-state index in [1.165, 1.54) is 20.1 Å². The van der Waals surface area contributed by atoms with Crippen molar-refractivity contribution in [1.29, 1.82) is 0 Å².